The first-order valence-corrected chi connectivity index (χ1v) is 7.06. The Labute approximate surface area is 122 Å². The van der Waals surface area contributed by atoms with Gasteiger partial charge in [-0.05, 0) is 34.1 Å². The lowest BCUT2D eigenvalue weighted by Crippen LogP contribution is -2.50. The molecule has 0 spiro atoms. The minimum Gasteiger partial charge on any atom is -0.342 e. The van der Waals surface area contributed by atoms with Crippen LogP contribution >= 0.6 is 31.9 Å². The van der Waals surface area contributed by atoms with Gasteiger partial charge in [0.25, 0.3) is 5.91 Å². The van der Waals surface area contributed by atoms with Crippen molar-refractivity contribution in [3.05, 3.63) is 32.7 Å². The summed E-state index contributed by atoms with van der Waals surface area (Å²) < 4.78 is 1.63. The molecule has 1 aromatic carbocycles. The minimum atomic E-state index is -0.115. The van der Waals surface area contributed by atoms with Crippen LogP contribution in [0.1, 0.15) is 10.4 Å². The van der Waals surface area contributed by atoms with Crippen molar-refractivity contribution < 1.29 is 9.59 Å². The second-order valence-electron chi connectivity index (χ2n) is 4.17. The summed E-state index contributed by atoms with van der Waals surface area (Å²) in [7, 11) is 1.75. The molecule has 0 radical (unpaired) electrons. The maximum Gasteiger partial charge on any atom is 0.255 e. The Balaban J connectivity index is 2.19. The highest BCUT2D eigenvalue weighted by molar-refractivity contribution is 9.11. The topological polar surface area (TPSA) is 40.6 Å². The van der Waals surface area contributed by atoms with Crippen LogP contribution in [-0.4, -0.2) is 48.3 Å². The summed E-state index contributed by atoms with van der Waals surface area (Å²) >= 11 is 6.71. The second-order valence-corrected chi connectivity index (χ2v) is 5.94. The first-order chi connectivity index (χ1) is 8.49. The average Bonchev–Trinajstić information content (AvgIpc) is 2.32. The van der Waals surface area contributed by atoms with Gasteiger partial charge < -0.3 is 9.80 Å². The van der Waals surface area contributed by atoms with Crippen molar-refractivity contribution in [2.45, 2.75) is 0 Å². The maximum atomic E-state index is 12.3. The lowest BCUT2D eigenvalue weighted by atomic mass is 10.2. The molecule has 2 rings (SSSR count). The molecule has 0 bridgehead atoms. The normalized spacial score (nSPS) is 16.1. The number of hydrogen-bond acceptors (Lipinski definition) is 2. The summed E-state index contributed by atoms with van der Waals surface area (Å²) in [5.41, 5.74) is 0.579. The van der Waals surface area contributed by atoms with Gasteiger partial charge in [0.15, 0.2) is 0 Å². The van der Waals surface area contributed by atoms with Crippen molar-refractivity contribution >= 4 is 43.7 Å². The number of amides is 2. The molecule has 0 N–H and O–H groups in total. The summed E-state index contributed by atoms with van der Waals surface area (Å²) in [6, 6.07) is 5.39. The van der Waals surface area contributed by atoms with E-state index < -0.39 is 0 Å². The van der Waals surface area contributed by atoms with Crippen molar-refractivity contribution in [1.82, 2.24) is 9.80 Å². The lowest BCUT2D eigenvalue weighted by molar-refractivity contribution is -0.133. The zero-order chi connectivity index (χ0) is 13.3. The smallest absolute Gasteiger partial charge is 0.255 e. The van der Waals surface area contributed by atoms with Crippen LogP contribution < -0.4 is 0 Å². The number of piperazine rings is 1. The van der Waals surface area contributed by atoms with Crippen LogP contribution in [0.3, 0.4) is 0 Å². The van der Waals surface area contributed by atoms with Gasteiger partial charge in [0.1, 0.15) is 6.54 Å². The molecule has 1 aromatic rings. The summed E-state index contributed by atoms with van der Waals surface area (Å²) in [5.74, 6) is -0.140. The van der Waals surface area contributed by atoms with E-state index in [1.165, 1.54) is 0 Å². The number of carbonyl (C=O) groups is 2. The molecular weight excluding hydrogens is 364 g/mol. The minimum absolute atomic E-state index is 0.0252. The third kappa shape index (κ3) is 2.75. The lowest BCUT2D eigenvalue weighted by Gasteiger charge is -2.32. The van der Waals surface area contributed by atoms with Crippen molar-refractivity contribution in [3.8, 4) is 0 Å². The summed E-state index contributed by atoms with van der Waals surface area (Å²) in [6.45, 7) is 1.31. The van der Waals surface area contributed by atoms with Gasteiger partial charge in [0.2, 0.25) is 5.91 Å². The number of nitrogens with zero attached hydrogens (tertiary/aromatic N) is 2. The van der Waals surface area contributed by atoms with Gasteiger partial charge in [-0.15, -0.1) is 0 Å². The Kier molecular flexibility index (Phi) is 4.07. The zero-order valence-electron chi connectivity index (χ0n) is 9.82. The molecule has 4 nitrogen and oxygen atoms in total. The number of benzene rings is 1. The van der Waals surface area contributed by atoms with Crippen molar-refractivity contribution in [2.75, 3.05) is 26.7 Å². The number of halogens is 2. The highest BCUT2D eigenvalue weighted by atomic mass is 79.9. The molecule has 0 aromatic heterocycles. The predicted octanol–water partition coefficient (Wildman–Crippen LogP) is 2.13. The van der Waals surface area contributed by atoms with Gasteiger partial charge >= 0.3 is 0 Å². The molecule has 96 valence electrons. The first-order valence-electron chi connectivity index (χ1n) is 5.47. The van der Waals surface area contributed by atoms with Crippen LogP contribution in [0.5, 0.6) is 0 Å². The number of rotatable bonds is 1. The fraction of sp³-hybridized carbons (Fsp3) is 0.333. The Hall–Kier alpha value is -0.880. The fourth-order valence-electron chi connectivity index (χ4n) is 1.77. The van der Waals surface area contributed by atoms with Gasteiger partial charge in [-0.1, -0.05) is 15.9 Å². The van der Waals surface area contributed by atoms with Gasteiger partial charge in [-0.3, -0.25) is 9.59 Å². The van der Waals surface area contributed by atoms with Gasteiger partial charge in [0, 0.05) is 29.1 Å². The van der Waals surface area contributed by atoms with E-state index in [0.29, 0.717) is 18.7 Å². The van der Waals surface area contributed by atoms with E-state index in [1.807, 2.05) is 12.1 Å². The summed E-state index contributed by atoms with van der Waals surface area (Å²) in [4.78, 5) is 27.1. The van der Waals surface area contributed by atoms with Crippen LogP contribution in [-0.2, 0) is 4.79 Å². The first kappa shape index (κ1) is 13.5. The third-order valence-corrected chi connectivity index (χ3v) is 4.06. The molecule has 1 aliphatic heterocycles. The fourth-order valence-corrected chi connectivity index (χ4v) is 2.98. The predicted molar refractivity (Wildman–Crippen MR) is 75.4 cm³/mol. The van der Waals surface area contributed by atoms with Gasteiger partial charge in [-0.2, -0.15) is 0 Å². The number of carbonyl (C=O) groups excluding carboxylic acids is 2. The van der Waals surface area contributed by atoms with Crippen LogP contribution in [0.4, 0.5) is 0 Å². The van der Waals surface area contributed by atoms with Crippen LogP contribution in [0, 0.1) is 0 Å². The molecule has 0 aliphatic carbocycles. The molecule has 0 saturated carbocycles. The molecule has 1 heterocycles. The highest BCUT2D eigenvalue weighted by Crippen LogP contribution is 2.23. The van der Waals surface area contributed by atoms with E-state index in [-0.39, 0.29) is 18.4 Å². The van der Waals surface area contributed by atoms with Crippen molar-refractivity contribution in [2.24, 2.45) is 0 Å². The maximum absolute atomic E-state index is 12.3. The molecule has 0 unspecified atom stereocenters. The zero-order valence-corrected chi connectivity index (χ0v) is 13.0. The van der Waals surface area contributed by atoms with E-state index in [4.69, 9.17) is 0 Å². The van der Waals surface area contributed by atoms with E-state index in [2.05, 4.69) is 31.9 Å². The Morgan fingerprint density at radius 1 is 1.28 bits per heavy atom. The molecule has 6 heteroatoms. The van der Waals surface area contributed by atoms with Gasteiger partial charge in [0.05, 0.1) is 5.56 Å². The summed E-state index contributed by atoms with van der Waals surface area (Å²) in [6.07, 6.45) is 0. The molecule has 0 atom stereocenters. The largest absolute Gasteiger partial charge is 0.342 e. The van der Waals surface area contributed by atoms with Crippen molar-refractivity contribution in [3.63, 3.8) is 0 Å². The molecule has 1 saturated heterocycles. The average molecular weight is 376 g/mol. The number of likely N-dealkylation sites (N-methyl/N-ethyl adjacent to an activating group) is 1. The molecule has 18 heavy (non-hydrogen) atoms. The second kappa shape index (κ2) is 5.40. The van der Waals surface area contributed by atoms with Gasteiger partial charge in [-0.25, -0.2) is 0 Å². The SMILES string of the molecule is CN1CCN(C(=O)c2ccc(Br)cc2Br)CC1=O. The molecule has 1 fully saturated rings. The van der Waals surface area contributed by atoms with Crippen LogP contribution in [0.2, 0.25) is 0 Å². The quantitative estimate of drug-likeness (QED) is 0.754. The number of hydrogen-bond donors (Lipinski definition) is 0. The van der Waals surface area contributed by atoms with Crippen LogP contribution in [0.15, 0.2) is 27.1 Å². The standard InChI is InChI=1S/C12H12Br2N2O2/c1-15-4-5-16(7-11(15)17)12(18)9-3-2-8(13)6-10(9)14/h2-3,6H,4-5,7H2,1H3. The monoisotopic (exact) mass is 374 g/mol. The van der Waals surface area contributed by atoms with E-state index in [9.17, 15) is 9.59 Å². The third-order valence-electron chi connectivity index (χ3n) is 2.91. The molecule has 2 amide bonds. The Morgan fingerprint density at radius 3 is 2.61 bits per heavy atom. The summed E-state index contributed by atoms with van der Waals surface area (Å²) in [5, 5.41) is 0. The Bertz CT molecular complexity index is 505. The van der Waals surface area contributed by atoms with E-state index >= 15 is 0 Å². The molecular formula is C12H12Br2N2O2. The van der Waals surface area contributed by atoms with E-state index in [0.717, 1.165) is 8.95 Å². The van der Waals surface area contributed by atoms with E-state index in [1.54, 1.807) is 22.9 Å². The van der Waals surface area contributed by atoms with Crippen LogP contribution in [0.25, 0.3) is 0 Å². The Morgan fingerprint density at radius 2 is 2.00 bits per heavy atom. The molecule has 1 aliphatic rings. The highest BCUT2D eigenvalue weighted by Gasteiger charge is 2.26. The van der Waals surface area contributed by atoms with Crippen molar-refractivity contribution in [1.29, 1.82) is 0 Å².